The second-order valence-corrected chi connectivity index (χ2v) is 12.1. The van der Waals surface area contributed by atoms with Gasteiger partial charge in [-0.2, -0.15) is 0 Å². The van der Waals surface area contributed by atoms with Crippen LogP contribution in [0.2, 0.25) is 0 Å². The Kier molecular flexibility index (Phi) is 7.41. The third-order valence-corrected chi connectivity index (χ3v) is 9.50. The fourth-order valence-electron chi connectivity index (χ4n) is 6.60. The van der Waals surface area contributed by atoms with E-state index in [1.807, 2.05) is 24.3 Å². The van der Waals surface area contributed by atoms with Crippen LogP contribution >= 0.6 is 11.8 Å². The Bertz CT molecular complexity index is 1660. The summed E-state index contributed by atoms with van der Waals surface area (Å²) in [6.45, 7) is 2.09. The van der Waals surface area contributed by atoms with E-state index in [2.05, 4.69) is 83.0 Å². The number of nitrogens with one attached hydrogen (secondary N) is 1. The van der Waals surface area contributed by atoms with Crippen LogP contribution in [-0.2, 0) is 4.79 Å². The van der Waals surface area contributed by atoms with Crippen molar-refractivity contribution in [2.75, 3.05) is 32.2 Å². The molecule has 0 unspecified atom stereocenters. The number of amides is 1. The smallest absolute Gasteiger partial charge is 0.264 e. The highest BCUT2D eigenvalue weighted by atomic mass is 32.2. The molecule has 43 heavy (non-hydrogen) atoms. The maximum atomic E-state index is 13.0. The molecule has 2 atom stereocenters. The van der Waals surface area contributed by atoms with Crippen molar-refractivity contribution in [2.45, 2.75) is 24.7 Å². The number of aliphatic imine (C=N–C) groups is 1. The van der Waals surface area contributed by atoms with Gasteiger partial charge in [0.05, 0.1) is 24.8 Å². The molecular weight excluding hydrogens is 554 g/mol. The summed E-state index contributed by atoms with van der Waals surface area (Å²) in [5.41, 5.74) is 8.40. The van der Waals surface area contributed by atoms with Crippen molar-refractivity contribution in [2.24, 2.45) is 4.99 Å². The Morgan fingerprint density at radius 3 is 2.00 bits per heavy atom. The number of carbonyl (C=O) groups is 1. The number of nitrogens with zero attached hydrogens (tertiary/aromatic N) is 2. The van der Waals surface area contributed by atoms with Crippen LogP contribution in [0.1, 0.15) is 52.5 Å². The van der Waals surface area contributed by atoms with Gasteiger partial charge in [-0.25, -0.2) is 4.99 Å². The van der Waals surface area contributed by atoms with Gasteiger partial charge in [-0.1, -0.05) is 66.7 Å². The standard InChI is InChI=1S/C36H33N3O3S/c1-41-31-14-13-23(19-32(31)42-2)20-33-35(40)38-36(43-33)37-26-21-29-27(24-9-5-3-6-10-24)15-17-39-18-16-28(30(22-26)34(29)39)25-11-7-4-8-12-25/h3-14,19-22,27-28H,15-18H2,1-2H3,(H,37,38,40)/b33-20-/t27-,28-/m0/s1. The number of amidine groups is 1. The van der Waals surface area contributed by atoms with Crippen molar-refractivity contribution in [3.8, 4) is 11.5 Å². The fourth-order valence-corrected chi connectivity index (χ4v) is 7.44. The van der Waals surface area contributed by atoms with Gasteiger partial charge in [0.2, 0.25) is 0 Å². The zero-order valence-corrected chi connectivity index (χ0v) is 25.1. The molecule has 1 fully saturated rings. The van der Waals surface area contributed by atoms with Crippen LogP contribution in [0, 0.1) is 0 Å². The molecule has 1 saturated heterocycles. The van der Waals surface area contributed by atoms with Gasteiger partial charge in [0.1, 0.15) is 0 Å². The Hall–Kier alpha value is -4.49. The molecule has 0 bridgehead atoms. The summed E-state index contributed by atoms with van der Waals surface area (Å²) in [5.74, 6) is 1.70. The van der Waals surface area contributed by atoms with Gasteiger partial charge in [0.15, 0.2) is 16.7 Å². The number of hydrogen-bond donors (Lipinski definition) is 1. The highest BCUT2D eigenvalue weighted by Gasteiger charge is 2.35. The van der Waals surface area contributed by atoms with Gasteiger partial charge in [0, 0.05) is 30.6 Å². The largest absolute Gasteiger partial charge is 0.493 e. The Morgan fingerprint density at radius 2 is 1.42 bits per heavy atom. The van der Waals surface area contributed by atoms with Crippen LogP contribution in [0.3, 0.4) is 0 Å². The molecule has 0 radical (unpaired) electrons. The van der Waals surface area contributed by atoms with Crippen LogP contribution in [0.4, 0.5) is 11.4 Å². The number of hydrogen-bond acceptors (Lipinski definition) is 6. The molecule has 216 valence electrons. The first-order valence-electron chi connectivity index (χ1n) is 14.7. The first-order valence-corrected chi connectivity index (χ1v) is 15.5. The number of benzene rings is 4. The summed E-state index contributed by atoms with van der Waals surface area (Å²) in [6, 6.07) is 31.7. The highest BCUT2D eigenvalue weighted by molar-refractivity contribution is 8.18. The summed E-state index contributed by atoms with van der Waals surface area (Å²) in [5, 5.41) is 3.57. The molecule has 3 aliphatic heterocycles. The van der Waals surface area contributed by atoms with Crippen molar-refractivity contribution in [1.82, 2.24) is 5.32 Å². The van der Waals surface area contributed by atoms with Gasteiger partial charge < -0.3 is 19.7 Å². The number of ether oxygens (including phenoxy) is 2. The van der Waals surface area contributed by atoms with Crippen LogP contribution in [0.15, 0.2) is 101 Å². The third kappa shape index (κ3) is 5.30. The number of methoxy groups -OCH3 is 2. The molecular formula is C36H33N3O3S. The molecule has 0 saturated carbocycles. The van der Waals surface area contributed by atoms with Gasteiger partial charge in [-0.05, 0) is 82.8 Å². The molecule has 0 spiro atoms. The van der Waals surface area contributed by atoms with Crippen LogP contribution < -0.4 is 19.7 Å². The summed E-state index contributed by atoms with van der Waals surface area (Å²) < 4.78 is 10.8. The van der Waals surface area contributed by atoms with E-state index < -0.39 is 0 Å². The highest BCUT2D eigenvalue weighted by Crippen LogP contribution is 2.50. The lowest BCUT2D eigenvalue weighted by Crippen LogP contribution is -2.37. The van der Waals surface area contributed by atoms with Crippen LogP contribution in [0.25, 0.3) is 6.08 Å². The number of anilines is 1. The van der Waals surface area contributed by atoms with Gasteiger partial charge in [-0.15, -0.1) is 0 Å². The maximum absolute atomic E-state index is 13.0. The van der Waals surface area contributed by atoms with Crippen molar-refractivity contribution in [1.29, 1.82) is 0 Å². The lowest BCUT2D eigenvalue weighted by molar-refractivity contribution is -0.115. The molecule has 6 nitrogen and oxygen atoms in total. The normalized spacial score (nSPS) is 21.1. The van der Waals surface area contributed by atoms with Crippen LogP contribution in [-0.4, -0.2) is 38.4 Å². The van der Waals surface area contributed by atoms with E-state index in [9.17, 15) is 4.79 Å². The monoisotopic (exact) mass is 587 g/mol. The molecule has 0 aliphatic carbocycles. The first kappa shape index (κ1) is 27.3. The molecule has 4 aromatic rings. The summed E-state index contributed by atoms with van der Waals surface area (Å²) in [6.07, 6.45) is 3.99. The molecule has 1 N–H and O–H groups in total. The Balaban J connectivity index is 1.28. The maximum Gasteiger partial charge on any atom is 0.264 e. The minimum atomic E-state index is -0.159. The van der Waals surface area contributed by atoms with E-state index in [0.717, 1.165) is 37.2 Å². The molecule has 7 heteroatoms. The predicted molar refractivity (Wildman–Crippen MR) is 175 cm³/mol. The molecule has 3 aliphatic rings. The van der Waals surface area contributed by atoms with Crippen molar-refractivity contribution in [3.63, 3.8) is 0 Å². The summed E-state index contributed by atoms with van der Waals surface area (Å²) in [7, 11) is 3.21. The van der Waals surface area contributed by atoms with Crippen molar-refractivity contribution in [3.05, 3.63) is 124 Å². The van der Waals surface area contributed by atoms with E-state index >= 15 is 0 Å². The minimum Gasteiger partial charge on any atom is -0.493 e. The number of carbonyl (C=O) groups excluding carboxylic acids is 1. The van der Waals surface area contributed by atoms with Gasteiger partial charge in [-0.3, -0.25) is 4.79 Å². The van der Waals surface area contributed by atoms with Gasteiger partial charge in [0.25, 0.3) is 5.91 Å². The zero-order chi connectivity index (χ0) is 29.3. The summed E-state index contributed by atoms with van der Waals surface area (Å²) in [4.78, 5) is 21.2. The number of thioether (sulfide) groups is 1. The van der Waals surface area contributed by atoms with Crippen molar-refractivity contribution < 1.29 is 14.3 Å². The Labute approximate surface area is 256 Å². The van der Waals surface area contributed by atoms with E-state index in [-0.39, 0.29) is 5.91 Å². The fraction of sp³-hybridized carbons (Fsp3) is 0.222. The topological polar surface area (TPSA) is 63.2 Å². The second kappa shape index (κ2) is 11.7. The lowest BCUT2D eigenvalue weighted by Gasteiger charge is -2.43. The van der Waals surface area contributed by atoms with E-state index in [1.54, 1.807) is 14.2 Å². The molecule has 0 aromatic heterocycles. The molecule has 4 aromatic carbocycles. The minimum absolute atomic E-state index is 0.159. The van der Waals surface area contributed by atoms with Crippen molar-refractivity contribution >= 4 is 40.3 Å². The first-order chi connectivity index (χ1) is 21.1. The number of rotatable bonds is 6. The zero-order valence-electron chi connectivity index (χ0n) is 24.2. The predicted octanol–water partition coefficient (Wildman–Crippen LogP) is 7.47. The van der Waals surface area contributed by atoms with E-state index in [0.29, 0.717) is 33.4 Å². The lowest BCUT2D eigenvalue weighted by atomic mass is 9.76. The average molecular weight is 588 g/mol. The van der Waals surface area contributed by atoms with E-state index in [1.165, 1.54) is 39.7 Å². The van der Waals surface area contributed by atoms with Gasteiger partial charge >= 0.3 is 0 Å². The average Bonchev–Trinajstić information content (AvgIpc) is 3.39. The van der Waals surface area contributed by atoms with E-state index in [4.69, 9.17) is 14.5 Å². The third-order valence-electron chi connectivity index (χ3n) is 8.59. The second-order valence-electron chi connectivity index (χ2n) is 11.1. The van der Waals surface area contributed by atoms with Crippen LogP contribution in [0.5, 0.6) is 11.5 Å². The molecule has 3 heterocycles. The Morgan fingerprint density at radius 1 is 0.814 bits per heavy atom. The molecule has 7 rings (SSSR count). The molecule has 1 amide bonds. The summed E-state index contributed by atoms with van der Waals surface area (Å²) >= 11 is 1.36. The quantitative estimate of drug-likeness (QED) is 0.237. The SMILES string of the molecule is COc1ccc(/C=C2\SC(=Nc3cc4c5c(c3)[C@H](c3ccccc3)CCN5CC[C@H]4c3ccccc3)NC2=O)cc1OC.